The van der Waals surface area contributed by atoms with E-state index in [1.54, 1.807) is 24.3 Å². The lowest BCUT2D eigenvalue weighted by molar-refractivity contribution is 0.207. The predicted octanol–water partition coefficient (Wildman–Crippen LogP) is 2.65. The molecule has 0 unspecified atom stereocenters. The number of ether oxygens (including phenoxy) is 1. The van der Waals surface area contributed by atoms with E-state index < -0.39 is 11.7 Å². The maximum atomic E-state index is 13.1. The van der Waals surface area contributed by atoms with Gasteiger partial charge in [0.1, 0.15) is 5.75 Å². The number of alkyl halides is 2. The standard InChI is InChI=1S/C8H6ClFO/c9-8-7(10)5-3-1-2-4-6(5)11-8/h1-4,7-8H/t7-,8-/m0/s1. The fourth-order valence-corrected chi connectivity index (χ4v) is 1.37. The van der Waals surface area contributed by atoms with Gasteiger partial charge in [0.25, 0.3) is 0 Å². The summed E-state index contributed by atoms with van der Waals surface area (Å²) in [6.07, 6.45) is -1.19. The second-order valence-corrected chi connectivity index (χ2v) is 2.84. The lowest BCUT2D eigenvalue weighted by Gasteiger charge is -2.01. The topological polar surface area (TPSA) is 9.23 Å². The van der Waals surface area contributed by atoms with E-state index in [1.165, 1.54) is 0 Å². The van der Waals surface area contributed by atoms with E-state index in [0.29, 0.717) is 11.3 Å². The predicted molar refractivity (Wildman–Crippen MR) is 40.6 cm³/mol. The fraction of sp³-hybridized carbons (Fsp3) is 0.250. The van der Waals surface area contributed by atoms with Gasteiger partial charge in [0.2, 0.25) is 5.56 Å². The Bertz CT molecular complexity index is 277. The molecule has 0 aromatic heterocycles. The number of hydrogen-bond donors (Lipinski definition) is 0. The van der Waals surface area contributed by atoms with Gasteiger partial charge in [-0.15, -0.1) is 0 Å². The molecule has 58 valence electrons. The van der Waals surface area contributed by atoms with Crippen LogP contribution < -0.4 is 4.74 Å². The molecule has 1 aromatic carbocycles. The number of fused-ring (bicyclic) bond motifs is 1. The van der Waals surface area contributed by atoms with Gasteiger partial charge in [0, 0.05) is 5.56 Å². The van der Waals surface area contributed by atoms with Crippen molar-refractivity contribution < 1.29 is 9.13 Å². The van der Waals surface area contributed by atoms with Crippen LogP contribution in [0, 0.1) is 0 Å². The molecule has 2 atom stereocenters. The van der Waals surface area contributed by atoms with Crippen LogP contribution in [0.2, 0.25) is 0 Å². The van der Waals surface area contributed by atoms with Crippen molar-refractivity contribution in [1.82, 2.24) is 0 Å². The molecule has 1 nitrogen and oxygen atoms in total. The third kappa shape index (κ3) is 0.979. The highest BCUT2D eigenvalue weighted by Crippen LogP contribution is 2.40. The van der Waals surface area contributed by atoms with Gasteiger partial charge in [-0.2, -0.15) is 0 Å². The van der Waals surface area contributed by atoms with E-state index in [1.807, 2.05) is 0 Å². The number of rotatable bonds is 0. The maximum Gasteiger partial charge on any atom is 0.207 e. The summed E-state index contributed by atoms with van der Waals surface area (Å²) >= 11 is 5.53. The van der Waals surface area contributed by atoms with Gasteiger partial charge in [-0.1, -0.05) is 29.8 Å². The average molecular weight is 173 g/mol. The summed E-state index contributed by atoms with van der Waals surface area (Å²) in [6, 6.07) is 6.96. The zero-order chi connectivity index (χ0) is 7.84. The molecule has 0 spiro atoms. The molecule has 0 saturated carbocycles. The van der Waals surface area contributed by atoms with Gasteiger partial charge in [-0.05, 0) is 6.07 Å². The molecule has 0 fully saturated rings. The van der Waals surface area contributed by atoms with Crippen molar-refractivity contribution in [2.45, 2.75) is 11.7 Å². The molecule has 1 heterocycles. The van der Waals surface area contributed by atoms with Gasteiger partial charge >= 0.3 is 0 Å². The first kappa shape index (κ1) is 6.92. The first-order chi connectivity index (χ1) is 5.29. The van der Waals surface area contributed by atoms with Gasteiger partial charge in [0.15, 0.2) is 6.17 Å². The molecule has 11 heavy (non-hydrogen) atoms. The zero-order valence-electron chi connectivity index (χ0n) is 5.63. The lowest BCUT2D eigenvalue weighted by atomic mass is 10.1. The Morgan fingerprint density at radius 1 is 1.36 bits per heavy atom. The third-order valence-corrected chi connectivity index (χ3v) is 2.00. The Balaban J connectivity index is 2.47. The van der Waals surface area contributed by atoms with Crippen molar-refractivity contribution in [1.29, 1.82) is 0 Å². The molecule has 0 radical (unpaired) electrons. The second kappa shape index (κ2) is 2.38. The van der Waals surface area contributed by atoms with E-state index in [-0.39, 0.29) is 0 Å². The van der Waals surface area contributed by atoms with Crippen molar-refractivity contribution in [2.24, 2.45) is 0 Å². The number of halogens is 2. The van der Waals surface area contributed by atoms with Crippen molar-refractivity contribution in [3.8, 4) is 5.75 Å². The molecule has 3 heteroatoms. The largest absolute Gasteiger partial charge is 0.471 e. The minimum absolute atomic E-state index is 0.549. The van der Waals surface area contributed by atoms with Crippen molar-refractivity contribution in [3.05, 3.63) is 29.8 Å². The van der Waals surface area contributed by atoms with Crippen LogP contribution >= 0.6 is 11.6 Å². The Kier molecular flexibility index (Phi) is 1.50. The van der Waals surface area contributed by atoms with Gasteiger partial charge in [-0.25, -0.2) is 4.39 Å². The van der Waals surface area contributed by atoms with Crippen LogP contribution in [0.5, 0.6) is 5.75 Å². The molecular formula is C8H6ClFO. The number of hydrogen-bond acceptors (Lipinski definition) is 1. The van der Waals surface area contributed by atoms with E-state index in [2.05, 4.69) is 0 Å². The molecule has 0 amide bonds. The summed E-state index contributed by atoms with van der Waals surface area (Å²) in [5.74, 6) is 0.556. The maximum absolute atomic E-state index is 13.1. The highest BCUT2D eigenvalue weighted by atomic mass is 35.5. The molecule has 1 aromatic rings. The summed E-state index contributed by atoms with van der Waals surface area (Å²) < 4.78 is 18.1. The molecule has 0 saturated heterocycles. The monoisotopic (exact) mass is 172 g/mol. The number of benzene rings is 1. The summed E-state index contributed by atoms with van der Waals surface area (Å²) in [5, 5.41) is 0. The van der Waals surface area contributed by atoms with Crippen LogP contribution in [0.15, 0.2) is 24.3 Å². The SMILES string of the molecule is F[C@H]1c2ccccc2O[C@@H]1Cl. The molecule has 1 aliphatic rings. The Morgan fingerprint density at radius 3 is 2.82 bits per heavy atom. The van der Waals surface area contributed by atoms with Crippen LogP contribution in [0.25, 0.3) is 0 Å². The summed E-state index contributed by atoms with van der Waals surface area (Å²) in [4.78, 5) is 0. The van der Waals surface area contributed by atoms with E-state index in [0.717, 1.165) is 0 Å². The molecule has 0 bridgehead atoms. The third-order valence-electron chi connectivity index (χ3n) is 1.69. The quantitative estimate of drug-likeness (QED) is 0.547. The second-order valence-electron chi connectivity index (χ2n) is 2.41. The minimum Gasteiger partial charge on any atom is -0.471 e. The smallest absolute Gasteiger partial charge is 0.207 e. The van der Waals surface area contributed by atoms with E-state index in [9.17, 15) is 4.39 Å². The summed E-state index contributed by atoms with van der Waals surface area (Å²) in [6.45, 7) is 0. The van der Waals surface area contributed by atoms with E-state index in [4.69, 9.17) is 16.3 Å². The molecule has 0 aliphatic carbocycles. The van der Waals surface area contributed by atoms with E-state index >= 15 is 0 Å². The van der Waals surface area contributed by atoms with Crippen LogP contribution in [0.1, 0.15) is 11.7 Å². The molecular weight excluding hydrogens is 167 g/mol. The fourth-order valence-electron chi connectivity index (χ4n) is 1.14. The first-order valence-corrected chi connectivity index (χ1v) is 3.76. The Hall–Kier alpha value is -0.760. The zero-order valence-corrected chi connectivity index (χ0v) is 6.38. The Morgan fingerprint density at radius 2 is 2.09 bits per heavy atom. The Labute approximate surface area is 68.7 Å². The van der Waals surface area contributed by atoms with Gasteiger partial charge in [-0.3, -0.25) is 0 Å². The molecule has 0 N–H and O–H groups in total. The van der Waals surface area contributed by atoms with Gasteiger partial charge < -0.3 is 4.74 Å². The highest BCUT2D eigenvalue weighted by Gasteiger charge is 2.32. The average Bonchev–Trinajstić information content (AvgIpc) is 2.30. The lowest BCUT2D eigenvalue weighted by Crippen LogP contribution is -2.05. The van der Waals surface area contributed by atoms with Crippen molar-refractivity contribution in [2.75, 3.05) is 0 Å². The summed E-state index contributed by atoms with van der Waals surface area (Å²) in [7, 11) is 0. The molecule has 2 rings (SSSR count). The normalized spacial score (nSPS) is 27.8. The van der Waals surface area contributed by atoms with Crippen LogP contribution in [-0.2, 0) is 0 Å². The first-order valence-electron chi connectivity index (χ1n) is 3.33. The van der Waals surface area contributed by atoms with Crippen molar-refractivity contribution >= 4 is 11.6 Å². The molecule has 1 aliphatic heterocycles. The van der Waals surface area contributed by atoms with Crippen LogP contribution in [0.3, 0.4) is 0 Å². The van der Waals surface area contributed by atoms with Crippen LogP contribution in [0.4, 0.5) is 4.39 Å². The minimum atomic E-state index is -1.19. The number of para-hydroxylation sites is 1. The van der Waals surface area contributed by atoms with Crippen molar-refractivity contribution in [3.63, 3.8) is 0 Å². The highest BCUT2D eigenvalue weighted by molar-refractivity contribution is 6.20. The van der Waals surface area contributed by atoms with Crippen LogP contribution in [-0.4, -0.2) is 5.56 Å². The summed E-state index contributed by atoms with van der Waals surface area (Å²) in [5.41, 5.74) is -0.306. The van der Waals surface area contributed by atoms with Gasteiger partial charge in [0.05, 0.1) is 0 Å².